The molecule has 0 atom stereocenters. The minimum atomic E-state index is -0.222. The lowest BCUT2D eigenvalue weighted by molar-refractivity contribution is 0.101. The fraction of sp³-hybridized carbons (Fsp3) is 0.321. The summed E-state index contributed by atoms with van der Waals surface area (Å²) in [4.78, 5) is 51.1. The summed E-state index contributed by atoms with van der Waals surface area (Å²) in [7, 11) is 0. The van der Waals surface area contributed by atoms with Gasteiger partial charge in [0.15, 0.2) is 0 Å². The molecule has 4 fully saturated rings. The number of nitrogens with one attached hydrogen (secondary N) is 4. The molecule has 4 N–H and O–H groups in total. The van der Waals surface area contributed by atoms with E-state index in [2.05, 4.69) is 52.1 Å². The highest BCUT2D eigenvalue weighted by atomic mass is 79.9. The molecular weight excluding hydrogens is 921 g/mol. The van der Waals surface area contributed by atoms with E-state index in [1.54, 1.807) is 23.1 Å². The van der Waals surface area contributed by atoms with Crippen molar-refractivity contribution in [2.24, 2.45) is 11.8 Å². The summed E-state index contributed by atoms with van der Waals surface area (Å²) in [5, 5.41) is 31.3. The predicted octanol–water partition coefficient (Wildman–Crippen LogP) is 10.9. The van der Waals surface area contributed by atoms with Crippen LogP contribution in [0, 0.1) is 11.8 Å². The molecule has 4 aliphatic carbocycles. The van der Waals surface area contributed by atoms with E-state index < -0.39 is 0 Å². The van der Waals surface area contributed by atoms with E-state index in [1.807, 2.05) is 102 Å². The van der Waals surface area contributed by atoms with E-state index in [0.29, 0.717) is 56.8 Å². The van der Waals surface area contributed by atoms with E-state index >= 15 is 0 Å². The van der Waals surface area contributed by atoms with Gasteiger partial charge in [-0.3, -0.25) is 29.0 Å². The second-order valence-electron chi connectivity index (χ2n) is 18.3. The number of carbonyl (C=O) groups excluding carboxylic acids is 2. The lowest BCUT2D eigenvalue weighted by Crippen LogP contribution is -2.30. The molecule has 0 radical (unpaired) electrons. The van der Waals surface area contributed by atoms with Crippen molar-refractivity contribution in [3.63, 3.8) is 0 Å². The Morgan fingerprint density at radius 3 is 1.74 bits per heavy atom. The first-order valence-corrected chi connectivity index (χ1v) is 24.7. The molecule has 4 heterocycles. The highest BCUT2D eigenvalue weighted by Crippen LogP contribution is 2.51. The number of amides is 2. The number of hydrogen-bond donors (Lipinski definition) is 4. The molecule has 0 unspecified atom stereocenters. The zero-order valence-electron chi connectivity index (χ0n) is 37.6. The molecule has 15 heteroatoms. The zero-order valence-corrected chi connectivity index (χ0v) is 39.2. The number of H-pyrrole nitrogens is 2. The molecule has 4 aromatic carbocycles. The molecule has 2 amide bonds. The molecule has 12 rings (SSSR count). The van der Waals surface area contributed by atoms with Crippen LogP contribution < -0.4 is 21.8 Å². The summed E-state index contributed by atoms with van der Waals surface area (Å²) < 4.78 is 3.69. The van der Waals surface area contributed by atoms with Crippen LogP contribution in [0.3, 0.4) is 0 Å². The maximum atomic E-state index is 13.4. The number of nitrogens with zero attached hydrogens (tertiary/aromatic N) is 6. The summed E-state index contributed by atoms with van der Waals surface area (Å²) in [6.07, 6.45) is 21.6. The summed E-state index contributed by atoms with van der Waals surface area (Å²) in [5.41, 5.74) is 5.47. The summed E-state index contributed by atoms with van der Waals surface area (Å²) in [6.45, 7) is 0. The molecule has 4 aliphatic rings. The summed E-state index contributed by atoms with van der Waals surface area (Å²) in [5.74, 6) is 0.740. The average Bonchev–Trinajstić information content (AvgIpc) is 4.00. The number of anilines is 2. The number of aromatic nitrogens is 8. The topological polar surface area (TPSA) is 185 Å². The third kappa shape index (κ3) is 10.1. The molecular formula is C53H53BrN10O4. The van der Waals surface area contributed by atoms with Gasteiger partial charge in [-0.2, -0.15) is 20.4 Å². The van der Waals surface area contributed by atoms with Gasteiger partial charge in [0.1, 0.15) is 0 Å². The second-order valence-corrected chi connectivity index (χ2v) is 19.6. The van der Waals surface area contributed by atoms with Gasteiger partial charge < -0.3 is 10.6 Å². The SMILES string of the molecule is BrC1CCCC1.O=C(Nc1ccc(-c2n[nH]c(=O)c3ccccc23)cc1)c1cnn(C2CCCC2)c1.O=C(Nc1ccc(-c2nn(C(C3CC3)C3CC3)c(=O)c3ccccc23)cc1)c1cn[nH]c1. The van der Waals surface area contributed by atoms with Crippen LogP contribution in [0.15, 0.2) is 131 Å². The van der Waals surface area contributed by atoms with Crippen molar-refractivity contribution >= 4 is 60.7 Å². The number of rotatable bonds is 10. The number of aromatic amines is 2. The Bertz CT molecular complexity index is 3150. The Morgan fingerprint density at radius 1 is 0.632 bits per heavy atom. The van der Waals surface area contributed by atoms with Crippen LogP contribution in [0.25, 0.3) is 44.1 Å². The van der Waals surface area contributed by atoms with E-state index in [9.17, 15) is 19.2 Å². The maximum Gasteiger partial charge on any atom is 0.274 e. The molecule has 4 aromatic heterocycles. The number of hydrogen-bond acceptors (Lipinski definition) is 8. The zero-order chi connectivity index (χ0) is 46.6. The standard InChI is InChI=1S/C25H23N5O2.C23H21N5O2.C5H9Br/c31-24(18-13-26-27-14-18)28-19-11-9-15(10-12-19)22-20-3-1-2-4-21(20)25(32)30(29-22)23(16-5-6-16)17-7-8-17;29-22(16-13-24-28(14-16)18-5-1-2-6-18)25-17-11-9-15(10-12-17)21-19-7-3-4-8-20(19)23(30)27-26-21;6-5-3-1-2-4-5/h1-4,9-14,16-17,23H,5-8H2,(H,26,27)(H,28,31);3-4,7-14,18H,1-2,5-6H2,(H,25,29)(H,27,30);5H,1-4H2. The molecule has 68 heavy (non-hydrogen) atoms. The minimum Gasteiger partial charge on any atom is -0.322 e. The van der Waals surface area contributed by atoms with Gasteiger partial charge in [-0.25, -0.2) is 9.78 Å². The van der Waals surface area contributed by atoms with Crippen LogP contribution in [0.1, 0.15) is 110 Å². The van der Waals surface area contributed by atoms with Crippen LogP contribution in [0.2, 0.25) is 0 Å². The lowest BCUT2D eigenvalue weighted by Gasteiger charge is -2.20. The van der Waals surface area contributed by atoms with Crippen LogP contribution in [-0.2, 0) is 0 Å². The summed E-state index contributed by atoms with van der Waals surface area (Å²) in [6, 6.07) is 30.7. The van der Waals surface area contributed by atoms with Gasteiger partial charge in [-0.1, -0.05) is 102 Å². The van der Waals surface area contributed by atoms with Crippen molar-refractivity contribution in [2.45, 2.75) is 94.0 Å². The van der Waals surface area contributed by atoms with Crippen molar-refractivity contribution in [1.82, 2.24) is 40.0 Å². The third-order valence-corrected chi connectivity index (χ3v) is 14.4. The van der Waals surface area contributed by atoms with Gasteiger partial charge in [-0.15, -0.1) is 0 Å². The van der Waals surface area contributed by atoms with Gasteiger partial charge >= 0.3 is 0 Å². The number of benzene rings is 4. The van der Waals surface area contributed by atoms with Gasteiger partial charge in [0.05, 0.1) is 57.8 Å². The van der Waals surface area contributed by atoms with E-state index in [0.717, 1.165) is 45.3 Å². The molecule has 0 spiro atoms. The summed E-state index contributed by atoms with van der Waals surface area (Å²) >= 11 is 3.54. The molecule has 0 bridgehead atoms. The second kappa shape index (κ2) is 20.1. The maximum absolute atomic E-state index is 13.4. The first kappa shape index (κ1) is 44.8. The highest BCUT2D eigenvalue weighted by Gasteiger charge is 2.44. The Morgan fingerprint density at radius 2 is 1.18 bits per heavy atom. The predicted molar refractivity (Wildman–Crippen MR) is 269 cm³/mol. The molecule has 4 saturated carbocycles. The van der Waals surface area contributed by atoms with Crippen LogP contribution in [0.5, 0.6) is 0 Å². The lowest BCUT2D eigenvalue weighted by atomic mass is 10.0. The highest BCUT2D eigenvalue weighted by molar-refractivity contribution is 9.09. The Balaban J connectivity index is 0.000000141. The monoisotopic (exact) mass is 972 g/mol. The normalized spacial score (nSPS) is 16.0. The van der Waals surface area contributed by atoms with Crippen molar-refractivity contribution in [3.8, 4) is 22.5 Å². The van der Waals surface area contributed by atoms with Gasteiger partial charge in [0.2, 0.25) is 0 Å². The fourth-order valence-corrected chi connectivity index (χ4v) is 10.2. The van der Waals surface area contributed by atoms with Gasteiger partial charge in [-0.05, 0) is 99.6 Å². The fourth-order valence-electron chi connectivity index (χ4n) is 9.52. The minimum absolute atomic E-state index is 0.0112. The van der Waals surface area contributed by atoms with Gasteiger partial charge in [0.25, 0.3) is 22.9 Å². The Kier molecular flexibility index (Phi) is 13.2. The van der Waals surface area contributed by atoms with E-state index in [-0.39, 0.29) is 29.0 Å². The van der Waals surface area contributed by atoms with Crippen molar-refractivity contribution in [3.05, 3.63) is 154 Å². The smallest absolute Gasteiger partial charge is 0.274 e. The van der Waals surface area contributed by atoms with Crippen molar-refractivity contribution in [2.75, 3.05) is 10.6 Å². The number of carbonyl (C=O) groups is 2. The molecule has 14 nitrogen and oxygen atoms in total. The van der Waals surface area contributed by atoms with E-state index in [1.165, 1.54) is 70.4 Å². The van der Waals surface area contributed by atoms with Crippen molar-refractivity contribution < 1.29 is 9.59 Å². The van der Waals surface area contributed by atoms with E-state index in [4.69, 9.17) is 5.10 Å². The Labute approximate surface area is 401 Å². The van der Waals surface area contributed by atoms with Crippen LogP contribution in [-0.4, -0.2) is 56.6 Å². The molecule has 8 aromatic rings. The number of halogens is 1. The van der Waals surface area contributed by atoms with Crippen molar-refractivity contribution in [1.29, 1.82) is 0 Å². The molecule has 0 aliphatic heterocycles. The molecule has 0 saturated heterocycles. The third-order valence-electron chi connectivity index (χ3n) is 13.5. The first-order chi connectivity index (χ1) is 33.3. The average molecular weight is 974 g/mol. The first-order valence-electron chi connectivity index (χ1n) is 23.8. The number of fused-ring (bicyclic) bond motifs is 2. The molecule has 346 valence electrons. The number of alkyl halides is 1. The van der Waals surface area contributed by atoms with Crippen LogP contribution >= 0.6 is 15.9 Å². The largest absolute Gasteiger partial charge is 0.322 e. The Hall–Kier alpha value is -7.00. The quantitative estimate of drug-likeness (QED) is 0.0975. The van der Waals surface area contributed by atoms with Gasteiger partial charge in [0, 0.05) is 50.5 Å². The van der Waals surface area contributed by atoms with Crippen LogP contribution in [0.4, 0.5) is 11.4 Å².